The van der Waals surface area contributed by atoms with Crippen LogP contribution in [0.3, 0.4) is 0 Å². The van der Waals surface area contributed by atoms with Crippen molar-refractivity contribution in [3.8, 4) is 5.75 Å². The van der Waals surface area contributed by atoms with Crippen LogP contribution in [-0.2, 0) is 4.79 Å². The highest BCUT2D eigenvalue weighted by atomic mass is 16.5. The lowest BCUT2D eigenvalue weighted by molar-refractivity contribution is -0.120. The number of nitrogens with one attached hydrogen (secondary N) is 2. The van der Waals surface area contributed by atoms with Crippen molar-refractivity contribution in [3.63, 3.8) is 0 Å². The van der Waals surface area contributed by atoms with Gasteiger partial charge in [0, 0.05) is 5.56 Å². The molecule has 0 atom stereocenters. The van der Waals surface area contributed by atoms with E-state index in [1.807, 2.05) is 25.1 Å². The molecule has 2 aromatic rings. The van der Waals surface area contributed by atoms with Gasteiger partial charge in [-0.1, -0.05) is 30.4 Å². The number of carbonyl (C=O) groups is 2. The van der Waals surface area contributed by atoms with Crippen LogP contribution in [0, 0.1) is 6.92 Å². The maximum atomic E-state index is 12.0. The minimum atomic E-state index is -0.409. The summed E-state index contributed by atoms with van der Waals surface area (Å²) in [5, 5.41) is 6.42. The summed E-state index contributed by atoms with van der Waals surface area (Å²) in [7, 11) is 0. The maximum absolute atomic E-state index is 12.0. The third-order valence-corrected chi connectivity index (χ3v) is 3.34. The summed E-state index contributed by atoms with van der Waals surface area (Å²) in [5.41, 5.74) is 4.67. The number of hydrogen-bond acceptors (Lipinski definition) is 4. The van der Waals surface area contributed by atoms with Crippen LogP contribution in [0.4, 0.5) is 0 Å². The van der Waals surface area contributed by atoms with Crippen molar-refractivity contribution in [1.29, 1.82) is 0 Å². The van der Waals surface area contributed by atoms with E-state index in [9.17, 15) is 9.59 Å². The Morgan fingerprint density at radius 2 is 1.96 bits per heavy atom. The van der Waals surface area contributed by atoms with E-state index in [0.717, 1.165) is 16.9 Å². The summed E-state index contributed by atoms with van der Waals surface area (Å²) < 4.78 is 5.38. The van der Waals surface area contributed by atoms with Gasteiger partial charge in [-0.05, 0) is 48.9 Å². The monoisotopic (exact) mass is 351 g/mol. The average Bonchev–Trinajstić information content (AvgIpc) is 2.65. The fourth-order valence-corrected chi connectivity index (χ4v) is 2.07. The number of carbonyl (C=O) groups excluding carboxylic acids is 2. The molecule has 0 aliphatic rings. The van der Waals surface area contributed by atoms with Crippen molar-refractivity contribution in [1.82, 2.24) is 10.7 Å². The van der Waals surface area contributed by atoms with Crippen LogP contribution in [0.5, 0.6) is 5.75 Å². The molecule has 134 valence electrons. The highest BCUT2D eigenvalue weighted by Gasteiger charge is 2.07. The normalized spacial score (nSPS) is 10.3. The van der Waals surface area contributed by atoms with E-state index in [0.29, 0.717) is 12.2 Å². The number of hydrazone groups is 1. The third-order valence-electron chi connectivity index (χ3n) is 3.34. The standard InChI is InChI=1S/C20H21N3O3/c1-3-11-26-18-9-7-16(8-10-18)13-22-23-19(24)14-21-20(25)17-6-4-5-15(2)12-17/h3-10,12-13H,1,11,14H2,2H3,(H,21,25)(H,23,24)/b22-13+. The van der Waals surface area contributed by atoms with Gasteiger partial charge < -0.3 is 10.1 Å². The van der Waals surface area contributed by atoms with Gasteiger partial charge in [0.25, 0.3) is 11.8 Å². The van der Waals surface area contributed by atoms with Gasteiger partial charge in [-0.2, -0.15) is 5.10 Å². The Labute approximate surface area is 152 Å². The fourth-order valence-electron chi connectivity index (χ4n) is 2.07. The molecule has 0 aliphatic carbocycles. The Morgan fingerprint density at radius 1 is 1.19 bits per heavy atom. The van der Waals surface area contributed by atoms with Crippen LogP contribution in [0.25, 0.3) is 0 Å². The molecule has 0 heterocycles. The number of ether oxygens (including phenoxy) is 1. The lowest BCUT2D eigenvalue weighted by atomic mass is 10.1. The van der Waals surface area contributed by atoms with E-state index in [1.165, 1.54) is 6.21 Å². The van der Waals surface area contributed by atoms with Crippen LogP contribution in [-0.4, -0.2) is 31.2 Å². The van der Waals surface area contributed by atoms with E-state index in [-0.39, 0.29) is 12.5 Å². The molecular weight excluding hydrogens is 330 g/mol. The van der Waals surface area contributed by atoms with Gasteiger partial charge in [0.1, 0.15) is 12.4 Å². The van der Waals surface area contributed by atoms with Gasteiger partial charge in [-0.3, -0.25) is 9.59 Å². The number of benzene rings is 2. The Hall–Kier alpha value is -3.41. The number of hydrogen-bond donors (Lipinski definition) is 2. The molecule has 0 saturated heterocycles. The van der Waals surface area contributed by atoms with Crippen LogP contribution >= 0.6 is 0 Å². The molecular formula is C20H21N3O3. The van der Waals surface area contributed by atoms with Crippen molar-refractivity contribution >= 4 is 18.0 Å². The van der Waals surface area contributed by atoms with Crippen molar-refractivity contribution in [3.05, 3.63) is 77.9 Å². The molecule has 0 radical (unpaired) electrons. The molecule has 2 amide bonds. The number of nitrogens with zero attached hydrogens (tertiary/aromatic N) is 1. The largest absolute Gasteiger partial charge is 0.490 e. The fraction of sp³-hybridized carbons (Fsp3) is 0.150. The first kappa shape index (κ1) is 18.9. The molecule has 2 N–H and O–H groups in total. The second-order valence-electron chi connectivity index (χ2n) is 5.51. The quantitative estimate of drug-likeness (QED) is 0.435. The molecule has 0 fully saturated rings. The van der Waals surface area contributed by atoms with Gasteiger partial charge >= 0.3 is 0 Å². The highest BCUT2D eigenvalue weighted by Crippen LogP contribution is 2.10. The summed E-state index contributed by atoms with van der Waals surface area (Å²) in [6.45, 7) is 5.77. The molecule has 0 spiro atoms. The summed E-state index contributed by atoms with van der Waals surface area (Å²) in [6, 6.07) is 14.4. The Bertz CT molecular complexity index is 798. The lowest BCUT2D eigenvalue weighted by Crippen LogP contribution is -2.34. The van der Waals surface area contributed by atoms with E-state index in [4.69, 9.17) is 4.74 Å². The second-order valence-corrected chi connectivity index (χ2v) is 5.51. The van der Waals surface area contributed by atoms with Crippen molar-refractivity contribution in [2.45, 2.75) is 6.92 Å². The van der Waals surface area contributed by atoms with Crippen molar-refractivity contribution < 1.29 is 14.3 Å². The SMILES string of the molecule is C=CCOc1ccc(/C=N/NC(=O)CNC(=O)c2cccc(C)c2)cc1. The lowest BCUT2D eigenvalue weighted by Gasteiger charge is -2.05. The maximum Gasteiger partial charge on any atom is 0.259 e. The topological polar surface area (TPSA) is 79.8 Å². The minimum Gasteiger partial charge on any atom is -0.490 e. The van der Waals surface area contributed by atoms with Gasteiger partial charge in [0.15, 0.2) is 0 Å². The zero-order chi connectivity index (χ0) is 18.8. The van der Waals surface area contributed by atoms with Crippen LogP contribution in [0.2, 0.25) is 0 Å². The predicted octanol–water partition coefficient (Wildman–Crippen LogP) is 2.44. The molecule has 0 aliphatic heterocycles. The predicted molar refractivity (Wildman–Crippen MR) is 101 cm³/mol. The first-order valence-corrected chi connectivity index (χ1v) is 8.09. The summed E-state index contributed by atoms with van der Waals surface area (Å²) >= 11 is 0. The van der Waals surface area contributed by atoms with Crippen LogP contribution < -0.4 is 15.5 Å². The number of amides is 2. The molecule has 2 rings (SSSR count). The van der Waals surface area contributed by atoms with Gasteiger partial charge in [0.2, 0.25) is 0 Å². The average molecular weight is 351 g/mol. The summed E-state index contributed by atoms with van der Waals surface area (Å²) in [4.78, 5) is 23.7. The molecule has 26 heavy (non-hydrogen) atoms. The zero-order valence-corrected chi connectivity index (χ0v) is 14.6. The van der Waals surface area contributed by atoms with Crippen LogP contribution in [0.15, 0.2) is 66.3 Å². The van der Waals surface area contributed by atoms with E-state index >= 15 is 0 Å². The molecule has 0 saturated carbocycles. The first-order valence-electron chi connectivity index (χ1n) is 8.09. The Morgan fingerprint density at radius 3 is 2.65 bits per heavy atom. The molecule has 2 aromatic carbocycles. The Balaban J connectivity index is 1.76. The smallest absolute Gasteiger partial charge is 0.259 e. The molecule has 6 nitrogen and oxygen atoms in total. The van der Waals surface area contributed by atoms with Gasteiger partial charge in [-0.15, -0.1) is 0 Å². The molecule has 0 bridgehead atoms. The minimum absolute atomic E-state index is 0.154. The van der Waals surface area contributed by atoms with Crippen molar-refractivity contribution in [2.75, 3.05) is 13.2 Å². The molecule has 0 aromatic heterocycles. The molecule has 0 unspecified atom stereocenters. The van der Waals surface area contributed by atoms with E-state index in [1.54, 1.807) is 36.4 Å². The summed E-state index contributed by atoms with van der Waals surface area (Å²) in [6.07, 6.45) is 3.18. The van der Waals surface area contributed by atoms with Gasteiger partial charge in [0.05, 0.1) is 12.8 Å². The van der Waals surface area contributed by atoms with Crippen LogP contribution in [0.1, 0.15) is 21.5 Å². The third kappa shape index (κ3) is 6.24. The van der Waals surface area contributed by atoms with Crippen molar-refractivity contribution in [2.24, 2.45) is 5.10 Å². The van der Waals surface area contributed by atoms with E-state index in [2.05, 4.69) is 22.4 Å². The van der Waals surface area contributed by atoms with Gasteiger partial charge in [-0.25, -0.2) is 5.43 Å². The second kappa shape index (κ2) is 9.78. The number of aryl methyl sites for hydroxylation is 1. The van der Waals surface area contributed by atoms with E-state index < -0.39 is 5.91 Å². The zero-order valence-electron chi connectivity index (χ0n) is 14.6. The summed E-state index contributed by atoms with van der Waals surface area (Å²) in [5.74, 6) is 0.0149. The molecule has 6 heteroatoms. The Kier molecular flexibility index (Phi) is 7.12. The number of rotatable bonds is 8. The highest BCUT2D eigenvalue weighted by molar-refractivity contribution is 5.96. The first-order chi connectivity index (χ1) is 12.6.